The SMILES string of the molecule is Cc1ccc(NN)c(C(=O)Nc2ncccc2Cl)c1. The van der Waals surface area contributed by atoms with Gasteiger partial charge in [0.25, 0.3) is 5.91 Å². The number of carbonyl (C=O) groups is 1. The third-order valence-corrected chi connectivity index (χ3v) is 2.87. The van der Waals surface area contributed by atoms with Crippen LogP contribution in [0.4, 0.5) is 11.5 Å². The molecular weight excluding hydrogens is 264 g/mol. The molecule has 0 aliphatic heterocycles. The van der Waals surface area contributed by atoms with E-state index in [1.165, 1.54) is 0 Å². The third-order valence-electron chi connectivity index (χ3n) is 2.57. The first kappa shape index (κ1) is 13.3. The minimum Gasteiger partial charge on any atom is -0.323 e. The Morgan fingerprint density at radius 2 is 2.16 bits per heavy atom. The van der Waals surface area contributed by atoms with Crippen molar-refractivity contribution in [3.63, 3.8) is 0 Å². The van der Waals surface area contributed by atoms with Crippen LogP contribution in [0.25, 0.3) is 0 Å². The molecule has 98 valence electrons. The Morgan fingerprint density at radius 1 is 1.37 bits per heavy atom. The molecule has 0 fully saturated rings. The lowest BCUT2D eigenvalue weighted by Crippen LogP contribution is -2.18. The first-order valence-corrected chi connectivity index (χ1v) is 5.98. The number of aryl methyl sites for hydroxylation is 1. The van der Waals surface area contributed by atoms with Crippen LogP contribution in [0, 0.1) is 6.92 Å². The van der Waals surface area contributed by atoms with Gasteiger partial charge in [-0.15, -0.1) is 0 Å². The predicted molar refractivity (Wildman–Crippen MR) is 76.2 cm³/mol. The summed E-state index contributed by atoms with van der Waals surface area (Å²) >= 11 is 5.94. The standard InChI is InChI=1S/C13H13ClN4O/c1-8-4-5-11(18-15)9(7-8)13(19)17-12-10(14)3-2-6-16-12/h2-7,18H,15H2,1H3,(H,16,17,19). The van der Waals surface area contributed by atoms with Crippen molar-refractivity contribution in [3.05, 3.63) is 52.7 Å². The van der Waals surface area contributed by atoms with Gasteiger partial charge < -0.3 is 10.7 Å². The molecular formula is C13H13ClN4O. The molecule has 0 aliphatic carbocycles. The Bertz CT molecular complexity index is 615. The van der Waals surface area contributed by atoms with E-state index in [4.69, 9.17) is 17.4 Å². The Balaban J connectivity index is 2.30. The molecule has 0 bridgehead atoms. The lowest BCUT2D eigenvalue weighted by molar-refractivity contribution is 0.102. The maximum Gasteiger partial charge on any atom is 0.259 e. The van der Waals surface area contributed by atoms with Gasteiger partial charge in [-0.1, -0.05) is 23.2 Å². The van der Waals surface area contributed by atoms with Crippen LogP contribution in [0.2, 0.25) is 5.02 Å². The number of carbonyl (C=O) groups excluding carboxylic acids is 1. The summed E-state index contributed by atoms with van der Waals surface area (Å²) in [5.41, 5.74) is 4.42. The molecule has 19 heavy (non-hydrogen) atoms. The molecule has 6 heteroatoms. The number of halogens is 1. The minimum atomic E-state index is -0.322. The summed E-state index contributed by atoms with van der Waals surface area (Å²) in [6.45, 7) is 1.89. The van der Waals surface area contributed by atoms with Crippen molar-refractivity contribution in [2.45, 2.75) is 6.92 Å². The van der Waals surface area contributed by atoms with Gasteiger partial charge in [0, 0.05) is 6.20 Å². The van der Waals surface area contributed by atoms with Crippen molar-refractivity contribution >= 4 is 29.0 Å². The zero-order valence-corrected chi connectivity index (χ0v) is 11.0. The topological polar surface area (TPSA) is 80.0 Å². The fourth-order valence-corrected chi connectivity index (χ4v) is 1.79. The number of aromatic nitrogens is 1. The van der Waals surface area contributed by atoms with Crippen molar-refractivity contribution in [1.82, 2.24) is 4.98 Å². The Labute approximate surface area is 115 Å². The lowest BCUT2D eigenvalue weighted by atomic mass is 10.1. The summed E-state index contributed by atoms with van der Waals surface area (Å²) in [6, 6.07) is 8.69. The van der Waals surface area contributed by atoms with Gasteiger partial charge in [0.05, 0.1) is 16.3 Å². The molecule has 1 amide bonds. The van der Waals surface area contributed by atoms with Gasteiger partial charge in [-0.3, -0.25) is 10.6 Å². The maximum atomic E-state index is 12.2. The average molecular weight is 277 g/mol. The monoisotopic (exact) mass is 276 g/mol. The zero-order chi connectivity index (χ0) is 13.8. The van der Waals surface area contributed by atoms with Gasteiger partial charge in [-0.25, -0.2) is 4.98 Å². The van der Waals surface area contributed by atoms with E-state index in [2.05, 4.69) is 15.7 Å². The zero-order valence-electron chi connectivity index (χ0n) is 10.3. The predicted octanol–water partition coefficient (Wildman–Crippen LogP) is 2.58. The Morgan fingerprint density at radius 3 is 2.84 bits per heavy atom. The summed E-state index contributed by atoms with van der Waals surface area (Å²) < 4.78 is 0. The minimum absolute atomic E-state index is 0.318. The molecule has 2 aromatic rings. The van der Waals surface area contributed by atoms with Gasteiger partial charge in [0.15, 0.2) is 5.82 Å². The highest BCUT2D eigenvalue weighted by molar-refractivity contribution is 6.33. The van der Waals surface area contributed by atoms with Crippen LogP contribution in [0.15, 0.2) is 36.5 Å². The summed E-state index contributed by atoms with van der Waals surface area (Å²) in [7, 11) is 0. The molecule has 0 saturated heterocycles. The van der Waals surface area contributed by atoms with Gasteiger partial charge in [-0.2, -0.15) is 0 Å². The number of amides is 1. The van der Waals surface area contributed by atoms with Crippen molar-refractivity contribution in [2.24, 2.45) is 5.84 Å². The van der Waals surface area contributed by atoms with Gasteiger partial charge in [0.2, 0.25) is 0 Å². The molecule has 1 heterocycles. The van der Waals surface area contributed by atoms with Crippen LogP contribution in [0.5, 0.6) is 0 Å². The fourth-order valence-electron chi connectivity index (χ4n) is 1.62. The second kappa shape index (κ2) is 5.69. The van der Waals surface area contributed by atoms with Crippen molar-refractivity contribution in [1.29, 1.82) is 0 Å². The number of nitrogen functional groups attached to an aromatic ring is 1. The quantitative estimate of drug-likeness (QED) is 0.595. The number of nitrogens with two attached hydrogens (primary N) is 1. The largest absolute Gasteiger partial charge is 0.323 e. The number of rotatable bonds is 3. The molecule has 0 atom stereocenters. The Kier molecular flexibility index (Phi) is 3.99. The van der Waals surface area contributed by atoms with E-state index < -0.39 is 0 Å². The normalized spacial score (nSPS) is 10.1. The molecule has 0 radical (unpaired) electrons. The smallest absolute Gasteiger partial charge is 0.259 e. The van der Waals surface area contributed by atoms with Crippen LogP contribution >= 0.6 is 11.6 Å². The number of pyridine rings is 1. The van der Waals surface area contributed by atoms with E-state index in [1.807, 2.05) is 13.0 Å². The highest BCUT2D eigenvalue weighted by Crippen LogP contribution is 2.21. The highest BCUT2D eigenvalue weighted by Gasteiger charge is 2.13. The van der Waals surface area contributed by atoms with Crippen molar-refractivity contribution in [2.75, 3.05) is 10.7 Å². The van der Waals surface area contributed by atoms with Crippen LogP contribution in [0.1, 0.15) is 15.9 Å². The highest BCUT2D eigenvalue weighted by atomic mass is 35.5. The molecule has 5 nitrogen and oxygen atoms in total. The van der Waals surface area contributed by atoms with Crippen molar-refractivity contribution < 1.29 is 4.79 Å². The average Bonchev–Trinajstić information content (AvgIpc) is 2.41. The molecule has 0 unspecified atom stereocenters. The van der Waals surface area contributed by atoms with Crippen molar-refractivity contribution in [3.8, 4) is 0 Å². The molecule has 0 aliphatic rings. The maximum absolute atomic E-state index is 12.2. The summed E-state index contributed by atoms with van der Waals surface area (Å²) in [6.07, 6.45) is 1.56. The second-order valence-electron chi connectivity index (χ2n) is 3.98. The molecule has 1 aromatic heterocycles. The first-order chi connectivity index (χ1) is 9.11. The van der Waals surface area contributed by atoms with Crippen LogP contribution < -0.4 is 16.6 Å². The number of benzene rings is 1. The number of hydrogen-bond acceptors (Lipinski definition) is 4. The van der Waals surface area contributed by atoms with Crippen LogP contribution in [-0.4, -0.2) is 10.9 Å². The summed E-state index contributed by atoms with van der Waals surface area (Å²) in [5, 5.41) is 3.03. The van der Waals surface area contributed by atoms with Gasteiger partial charge in [0.1, 0.15) is 0 Å². The molecule has 0 saturated carbocycles. The van der Waals surface area contributed by atoms with Gasteiger partial charge >= 0.3 is 0 Å². The van der Waals surface area contributed by atoms with Crippen LogP contribution in [-0.2, 0) is 0 Å². The molecule has 2 rings (SSSR count). The third kappa shape index (κ3) is 3.01. The second-order valence-corrected chi connectivity index (χ2v) is 4.39. The fraction of sp³-hybridized carbons (Fsp3) is 0.0769. The summed E-state index contributed by atoms with van der Waals surface area (Å²) in [5.74, 6) is 5.39. The molecule has 1 aromatic carbocycles. The van der Waals surface area contributed by atoms with E-state index in [1.54, 1.807) is 30.5 Å². The van der Waals surface area contributed by atoms with Crippen LogP contribution in [0.3, 0.4) is 0 Å². The van der Waals surface area contributed by atoms with E-state index >= 15 is 0 Å². The van der Waals surface area contributed by atoms with E-state index in [-0.39, 0.29) is 5.91 Å². The molecule has 4 N–H and O–H groups in total. The number of hydrogen-bond donors (Lipinski definition) is 3. The lowest BCUT2D eigenvalue weighted by Gasteiger charge is -2.10. The van der Waals surface area contributed by atoms with E-state index in [0.29, 0.717) is 22.1 Å². The van der Waals surface area contributed by atoms with E-state index in [9.17, 15) is 4.79 Å². The molecule has 0 spiro atoms. The van der Waals surface area contributed by atoms with Gasteiger partial charge in [-0.05, 0) is 31.2 Å². The number of hydrazine groups is 1. The summed E-state index contributed by atoms with van der Waals surface area (Å²) in [4.78, 5) is 16.2. The number of anilines is 2. The Hall–Kier alpha value is -2.11. The number of nitrogens with zero attached hydrogens (tertiary/aromatic N) is 1. The first-order valence-electron chi connectivity index (χ1n) is 5.61. The number of nitrogens with one attached hydrogen (secondary N) is 2. The van der Waals surface area contributed by atoms with E-state index in [0.717, 1.165) is 5.56 Å².